The van der Waals surface area contributed by atoms with Crippen molar-refractivity contribution in [3.05, 3.63) is 53.3 Å². The lowest BCUT2D eigenvalue weighted by Gasteiger charge is -2.08. The maximum absolute atomic E-state index is 12.1. The summed E-state index contributed by atoms with van der Waals surface area (Å²) >= 11 is 10.1. The molecule has 20 heavy (non-hydrogen) atoms. The van der Waals surface area contributed by atoms with E-state index >= 15 is 0 Å². The molecule has 2 heterocycles. The number of aromatic amines is 1. The minimum Gasteiger partial charge on any atom is -0.446 e. The molecule has 0 fully saturated rings. The Morgan fingerprint density at radius 1 is 1.45 bits per heavy atom. The minimum atomic E-state index is -0.604. The first kappa shape index (κ1) is 13.1. The second kappa shape index (κ2) is 5.22. The summed E-state index contributed by atoms with van der Waals surface area (Å²) in [7, 11) is 0. The third kappa shape index (κ3) is 2.52. The van der Waals surface area contributed by atoms with E-state index in [0.29, 0.717) is 16.6 Å². The van der Waals surface area contributed by atoms with Gasteiger partial charge in [0.25, 0.3) is 5.91 Å². The van der Waals surface area contributed by atoms with Gasteiger partial charge in [0.05, 0.1) is 6.20 Å². The Balaban J connectivity index is 1.82. The van der Waals surface area contributed by atoms with Crippen molar-refractivity contribution in [2.75, 3.05) is 0 Å². The van der Waals surface area contributed by atoms with E-state index in [2.05, 4.69) is 27.9 Å². The van der Waals surface area contributed by atoms with Crippen LogP contribution in [0.2, 0.25) is 5.02 Å². The second-order valence-electron chi connectivity index (χ2n) is 4.16. The lowest BCUT2D eigenvalue weighted by atomic mass is 10.2. The predicted molar refractivity (Wildman–Crippen MR) is 79.0 cm³/mol. The van der Waals surface area contributed by atoms with Crippen molar-refractivity contribution >= 4 is 41.0 Å². The molecule has 1 unspecified atom stereocenters. The van der Waals surface area contributed by atoms with Crippen molar-refractivity contribution in [2.45, 2.75) is 5.37 Å². The fourth-order valence-electron chi connectivity index (χ4n) is 1.86. The molecule has 0 aliphatic carbocycles. The quantitative estimate of drug-likeness (QED) is 0.514. The van der Waals surface area contributed by atoms with Crippen LogP contribution in [0.15, 0.2) is 41.1 Å². The monoisotopic (exact) mass is 307 g/mol. The van der Waals surface area contributed by atoms with Crippen molar-refractivity contribution < 1.29 is 9.21 Å². The maximum atomic E-state index is 12.1. The van der Waals surface area contributed by atoms with Crippen molar-refractivity contribution in [2.24, 2.45) is 0 Å². The lowest BCUT2D eigenvalue weighted by molar-refractivity contribution is 0.0942. The molecular weight excluding hydrogens is 298 g/mol. The molecule has 1 aromatic carbocycles. The van der Waals surface area contributed by atoms with E-state index < -0.39 is 5.37 Å². The number of nitrogens with one attached hydrogen (secondary N) is 2. The summed E-state index contributed by atoms with van der Waals surface area (Å²) in [5.41, 5.74) is 1.26. The van der Waals surface area contributed by atoms with Gasteiger partial charge in [0, 0.05) is 15.9 Å². The molecule has 1 amide bonds. The number of hydrogen-bond donors (Lipinski definition) is 3. The summed E-state index contributed by atoms with van der Waals surface area (Å²) < 4.78 is 5.08. The molecule has 2 aromatic heterocycles. The van der Waals surface area contributed by atoms with Crippen LogP contribution in [-0.4, -0.2) is 15.9 Å². The first-order chi connectivity index (χ1) is 9.63. The molecule has 7 heteroatoms. The van der Waals surface area contributed by atoms with Crippen LogP contribution in [0, 0.1) is 0 Å². The van der Waals surface area contributed by atoms with Gasteiger partial charge in [0.2, 0.25) is 5.89 Å². The van der Waals surface area contributed by atoms with Crippen LogP contribution >= 0.6 is 24.2 Å². The Bertz CT molecular complexity index is 754. The summed E-state index contributed by atoms with van der Waals surface area (Å²) in [5.74, 6) is 0.0383. The number of fused-ring (bicyclic) bond motifs is 1. The lowest BCUT2D eigenvalue weighted by Crippen LogP contribution is -2.25. The average Bonchev–Trinajstić information content (AvgIpc) is 3.07. The molecular formula is C13H10ClN3O2S. The Hall–Kier alpha value is -1.92. The Morgan fingerprint density at radius 3 is 3.05 bits per heavy atom. The zero-order chi connectivity index (χ0) is 14.1. The molecule has 0 aliphatic rings. The molecule has 0 spiro atoms. The molecule has 0 aliphatic heterocycles. The number of halogens is 1. The molecule has 0 saturated carbocycles. The van der Waals surface area contributed by atoms with Gasteiger partial charge in [-0.3, -0.25) is 4.79 Å². The van der Waals surface area contributed by atoms with Crippen molar-refractivity contribution in [3.63, 3.8) is 0 Å². The van der Waals surface area contributed by atoms with Crippen LogP contribution in [0.25, 0.3) is 10.9 Å². The Kier molecular flexibility index (Phi) is 3.42. The predicted octanol–water partition coefficient (Wildman–Crippen LogP) is 3.17. The normalized spacial score (nSPS) is 12.5. The molecule has 3 rings (SSSR count). The second-order valence-corrected chi connectivity index (χ2v) is 5.11. The van der Waals surface area contributed by atoms with Crippen LogP contribution in [0.3, 0.4) is 0 Å². The van der Waals surface area contributed by atoms with Gasteiger partial charge in [-0.25, -0.2) is 4.98 Å². The van der Waals surface area contributed by atoms with E-state index in [4.69, 9.17) is 16.0 Å². The molecule has 1 atom stereocenters. The van der Waals surface area contributed by atoms with Gasteiger partial charge in [-0.05, 0) is 24.3 Å². The SMILES string of the molecule is O=C(NC(S)c1ncco1)c1cc2cc(Cl)ccc2[nH]1. The number of rotatable bonds is 3. The fraction of sp³-hybridized carbons (Fsp3) is 0.0769. The first-order valence-electron chi connectivity index (χ1n) is 5.80. The fourth-order valence-corrected chi connectivity index (χ4v) is 2.28. The van der Waals surface area contributed by atoms with Gasteiger partial charge in [-0.15, -0.1) is 12.6 Å². The highest BCUT2D eigenvalue weighted by Crippen LogP contribution is 2.21. The molecule has 3 aromatic rings. The van der Waals surface area contributed by atoms with E-state index in [1.807, 2.05) is 6.07 Å². The molecule has 102 valence electrons. The zero-order valence-corrected chi connectivity index (χ0v) is 11.8. The van der Waals surface area contributed by atoms with Crippen LogP contribution in [-0.2, 0) is 0 Å². The summed E-state index contributed by atoms with van der Waals surface area (Å²) in [6.45, 7) is 0. The number of amides is 1. The average molecular weight is 308 g/mol. The van der Waals surface area contributed by atoms with E-state index in [1.165, 1.54) is 12.5 Å². The molecule has 0 radical (unpaired) electrons. The van der Waals surface area contributed by atoms with Crippen LogP contribution < -0.4 is 5.32 Å². The number of thiol groups is 1. The smallest absolute Gasteiger partial charge is 0.268 e. The van der Waals surface area contributed by atoms with Gasteiger partial charge in [0.1, 0.15) is 17.3 Å². The van der Waals surface area contributed by atoms with Crippen LogP contribution in [0.4, 0.5) is 0 Å². The highest BCUT2D eigenvalue weighted by molar-refractivity contribution is 7.80. The van der Waals surface area contributed by atoms with Gasteiger partial charge in [-0.1, -0.05) is 11.6 Å². The molecule has 0 bridgehead atoms. The number of carbonyl (C=O) groups excluding carboxylic acids is 1. The number of hydrogen-bond acceptors (Lipinski definition) is 4. The van der Waals surface area contributed by atoms with Crippen molar-refractivity contribution in [1.82, 2.24) is 15.3 Å². The summed E-state index contributed by atoms with van der Waals surface area (Å²) in [4.78, 5) is 19.1. The van der Waals surface area contributed by atoms with E-state index in [9.17, 15) is 4.79 Å². The van der Waals surface area contributed by atoms with Gasteiger partial charge < -0.3 is 14.7 Å². The molecule has 0 saturated heterocycles. The minimum absolute atomic E-state index is 0.296. The molecule has 2 N–H and O–H groups in total. The van der Waals surface area contributed by atoms with Gasteiger partial charge >= 0.3 is 0 Å². The van der Waals surface area contributed by atoms with E-state index in [1.54, 1.807) is 18.2 Å². The number of benzene rings is 1. The van der Waals surface area contributed by atoms with Crippen molar-refractivity contribution in [1.29, 1.82) is 0 Å². The number of H-pyrrole nitrogens is 1. The van der Waals surface area contributed by atoms with E-state index in [0.717, 1.165) is 10.9 Å². The number of carbonyl (C=O) groups is 1. The highest BCUT2D eigenvalue weighted by atomic mass is 35.5. The Labute approximate surface area is 124 Å². The van der Waals surface area contributed by atoms with E-state index in [-0.39, 0.29) is 5.91 Å². The number of nitrogens with zero attached hydrogens (tertiary/aromatic N) is 1. The molecule has 5 nitrogen and oxygen atoms in total. The summed E-state index contributed by atoms with van der Waals surface area (Å²) in [6.07, 6.45) is 2.92. The van der Waals surface area contributed by atoms with Crippen molar-refractivity contribution in [3.8, 4) is 0 Å². The first-order valence-corrected chi connectivity index (χ1v) is 6.69. The third-order valence-electron chi connectivity index (χ3n) is 2.78. The largest absolute Gasteiger partial charge is 0.446 e. The van der Waals surface area contributed by atoms with Crippen LogP contribution in [0.1, 0.15) is 21.8 Å². The third-order valence-corrected chi connectivity index (χ3v) is 3.37. The van der Waals surface area contributed by atoms with Crippen LogP contribution in [0.5, 0.6) is 0 Å². The standard InChI is InChI=1S/C13H10ClN3O2S/c14-8-1-2-9-7(5-8)6-10(16-9)11(18)17-13(20)12-15-3-4-19-12/h1-6,13,16,20H,(H,17,18). The Morgan fingerprint density at radius 2 is 2.30 bits per heavy atom. The number of aromatic nitrogens is 2. The summed E-state index contributed by atoms with van der Waals surface area (Å²) in [5, 5.41) is 3.57. The van der Waals surface area contributed by atoms with Gasteiger partial charge in [0.15, 0.2) is 0 Å². The zero-order valence-electron chi connectivity index (χ0n) is 10.1. The topological polar surface area (TPSA) is 70.9 Å². The van der Waals surface area contributed by atoms with Gasteiger partial charge in [-0.2, -0.15) is 0 Å². The summed E-state index contributed by atoms with van der Waals surface area (Å²) in [6, 6.07) is 7.10. The maximum Gasteiger partial charge on any atom is 0.268 e. The highest BCUT2D eigenvalue weighted by Gasteiger charge is 2.16. The number of oxazole rings is 1.